The molecule has 0 aliphatic rings. The van der Waals surface area contributed by atoms with Gasteiger partial charge in [-0.3, -0.25) is 15.0 Å². The Labute approximate surface area is 96.6 Å². The number of hydrazine groups is 1. The van der Waals surface area contributed by atoms with Crippen molar-refractivity contribution >= 4 is 11.6 Å². The Hall–Kier alpha value is -2.15. The van der Waals surface area contributed by atoms with E-state index in [0.29, 0.717) is 17.6 Å². The fourth-order valence-electron chi connectivity index (χ4n) is 1.82. The lowest BCUT2D eigenvalue weighted by molar-refractivity contribution is 0.0955. The summed E-state index contributed by atoms with van der Waals surface area (Å²) < 4.78 is 1.18. The van der Waals surface area contributed by atoms with Gasteiger partial charge in [0.15, 0.2) is 0 Å². The molecule has 4 N–H and O–H groups in total. The number of aryl methyl sites for hydroxylation is 1. The summed E-state index contributed by atoms with van der Waals surface area (Å²) in [6.45, 7) is 3.68. The zero-order valence-corrected chi connectivity index (χ0v) is 9.57. The van der Waals surface area contributed by atoms with Crippen LogP contribution in [0.1, 0.15) is 28.5 Å². The molecule has 0 unspecified atom stereocenters. The van der Waals surface area contributed by atoms with Crippen LogP contribution in [0.5, 0.6) is 0 Å². The minimum absolute atomic E-state index is 0.213. The number of nitrogens with one attached hydrogen (secondary N) is 2. The summed E-state index contributed by atoms with van der Waals surface area (Å²) in [5, 5.41) is 3.89. The zero-order valence-electron chi connectivity index (χ0n) is 9.57. The monoisotopic (exact) mass is 235 g/mol. The molecular formula is C10H13N5O2. The number of hydrogen-bond acceptors (Lipinski definition) is 4. The van der Waals surface area contributed by atoms with Crippen LogP contribution in [0.3, 0.4) is 0 Å². The minimum atomic E-state index is -0.487. The van der Waals surface area contributed by atoms with Crippen molar-refractivity contribution in [2.75, 3.05) is 0 Å². The Morgan fingerprint density at radius 3 is 2.94 bits per heavy atom. The van der Waals surface area contributed by atoms with Gasteiger partial charge in [-0.05, 0) is 13.3 Å². The van der Waals surface area contributed by atoms with Crippen LogP contribution in [0.25, 0.3) is 5.65 Å². The molecular weight excluding hydrogens is 222 g/mol. The maximum absolute atomic E-state index is 12.0. The lowest BCUT2D eigenvalue weighted by atomic mass is 10.2. The number of carbonyl (C=O) groups is 1. The highest BCUT2D eigenvalue weighted by molar-refractivity contribution is 5.99. The Morgan fingerprint density at radius 1 is 1.65 bits per heavy atom. The molecule has 0 fully saturated rings. The number of aromatic amines is 1. The molecule has 90 valence electrons. The van der Waals surface area contributed by atoms with Gasteiger partial charge in [-0.25, -0.2) is 5.84 Å². The summed E-state index contributed by atoms with van der Waals surface area (Å²) in [6, 6.07) is 0. The number of fused-ring (bicyclic) bond motifs is 1. The van der Waals surface area contributed by atoms with Gasteiger partial charge in [0.05, 0.1) is 6.20 Å². The first-order valence-electron chi connectivity index (χ1n) is 5.20. The number of amides is 1. The van der Waals surface area contributed by atoms with E-state index in [1.807, 2.05) is 12.3 Å². The maximum Gasteiger partial charge on any atom is 0.277 e. The van der Waals surface area contributed by atoms with Crippen LogP contribution in [0.15, 0.2) is 11.0 Å². The van der Waals surface area contributed by atoms with Gasteiger partial charge in [0.1, 0.15) is 11.2 Å². The van der Waals surface area contributed by atoms with Crippen LogP contribution in [0, 0.1) is 6.92 Å². The van der Waals surface area contributed by atoms with E-state index in [-0.39, 0.29) is 11.1 Å². The molecule has 1 amide bonds. The highest BCUT2D eigenvalue weighted by Gasteiger charge is 2.16. The SMILES string of the molecule is CCc1c(C)[nH]c2c(C(=O)NN)cnn2c1=O. The Morgan fingerprint density at radius 2 is 2.35 bits per heavy atom. The number of aromatic nitrogens is 3. The van der Waals surface area contributed by atoms with Crippen molar-refractivity contribution in [3.63, 3.8) is 0 Å². The van der Waals surface area contributed by atoms with E-state index in [9.17, 15) is 9.59 Å². The first kappa shape index (κ1) is 11.3. The lowest BCUT2D eigenvalue weighted by Crippen LogP contribution is -2.30. The van der Waals surface area contributed by atoms with Crippen LogP contribution in [-0.4, -0.2) is 20.5 Å². The summed E-state index contributed by atoms with van der Waals surface area (Å²) in [7, 11) is 0. The van der Waals surface area contributed by atoms with Crippen molar-refractivity contribution in [2.45, 2.75) is 20.3 Å². The van der Waals surface area contributed by atoms with Gasteiger partial charge in [-0.1, -0.05) is 6.92 Å². The van der Waals surface area contributed by atoms with Crippen LogP contribution in [0.4, 0.5) is 0 Å². The standard InChI is InChI=1S/C10H13N5O2/c1-3-6-5(2)13-8-7(9(16)14-11)4-12-15(8)10(6)17/h4,13H,3,11H2,1-2H3,(H,14,16). The molecule has 0 bridgehead atoms. The van der Waals surface area contributed by atoms with Gasteiger partial charge in [0, 0.05) is 11.3 Å². The summed E-state index contributed by atoms with van der Waals surface area (Å²) >= 11 is 0. The van der Waals surface area contributed by atoms with E-state index in [2.05, 4.69) is 10.1 Å². The van der Waals surface area contributed by atoms with E-state index in [4.69, 9.17) is 5.84 Å². The van der Waals surface area contributed by atoms with Crippen molar-refractivity contribution < 1.29 is 4.79 Å². The molecule has 0 spiro atoms. The van der Waals surface area contributed by atoms with E-state index >= 15 is 0 Å². The molecule has 2 aromatic heterocycles. The minimum Gasteiger partial charge on any atom is -0.343 e. The van der Waals surface area contributed by atoms with Crippen molar-refractivity contribution in [2.24, 2.45) is 5.84 Å². The molecule has 0 radical (unpaired) electrons. The predicted molar refractivity (Wildman–Crippen MR) is 61.6 cm³/mol. The third kappa shape index (κ3) is 1.60. The second kappa shape index (κ2) is 4.02. The first-order valence-corrected chi connectivity index (χ1v) is 5.20. The van der Waals surface area contributed by atoms with Gasteiger partial charge in [0.2, 0.25) is 0 Å². The highest BCUT2D eigenvalue weighted by Crippen LogP contribution is 2.08. The molecule has 2 heterocycles. The van der Waals surface area contributed by atoms with Crippen molar-refractivity contribution in [1.29, 1.82) is 0 Å². The quantitative estimate of drug-likeness (QED) is 0.370. The fraction of sp³-hybridized carbons (Fsp3) is 0.300. The molecule has 0 aliphatic heterocycles. The fourth-order valence-corrected chi connectivity index (χ4v) is 1.82. The maximum atomic E-state index is 12.0. The second-order valence-electron chi connectivity index (χ2n) is 3.68. The van der Waals surface area contributed by atoms with E-state index in [1.54, 1.807) is 6.92 Å². The van der Waals surface area contributed by atoms with Gasteiger partial charge < -0.3 is 4.98 Å². The number of nitrogen functional groups attached to an aromatic ring is 1. The average molecular weight is 235 g/mol. The molecule has 0 aromatic carbocycles. The predicted octanol–water partition coefficient (Wildman–Crippen LogP) is -0.503. The van der Waals surface area contributed by atoms with Crippen LogP contribution < -0.4 is 16.8 Å². The molecule has 2 aromatic rings. The molecule has 0 saturated carbocycles. The second-order valence-corrected chi connectivity index (χ2v) is 3.68. The van der Waals surface area contributed by atoms with Crippen molar-refractivity contribution in [3.05, 3.63) is 33.4 Å². The van der Waals surface area contributed by atoms with Gasteiger partial charge >= 0.3 is 0 Å². The smallest absolute Gasteiger partial charge is 0.277 e. The number of H-pyrrole nitrogens is 1. The molecule has 2 rings (SSSR count). The Balaban J connectivity index is 2.81. The highest BCUT2D eigenvalue weighted by atomic mass is 16.2. The molecule has 7 nitrogen and oxygen atoms in total. The van der Waals surface area contributed by atoms with E-state index in [0.717, 1.165) is 5.69 Å². The third-order valence-electron chi connectivity index (χ3n) is 2.71. The van der Waals surface area contributed by atoms with Gasteiger partial charge in [0.25, 0.3) is 11.5 Å². The topological polar surface area (TPSA) is 105 Å². The molecule has 17 heavy (non-hydrogen) atoms. The summed E-state index contributed by atoms with van der Waals surface area (Å²) in [6.07, 6.45) is 1.92. The number of hydrogen-bond donors (Lipinski definition) is 3. The van der Waals surface area contributed by atoms with Crippen LogP contribution >= 0.6 is 0 Å². The number of nitrogens with zero attached hydrogens (tertiary/aromatic N) is 2. The van der Waals surface area contributed by atoms with E-state index < -0.39 is 5.91 Å². The number of rotatable bonds is 2. The van der Waals surface area contributed by atoms with Crippen molar-refractivity contribution in [3.8, 4) is 0 Å². The van der Waals surface area contributed by atoms with Gasteiger partial charge in [-0.2, -0.15) is 9.61 Å². The molecule has 0 atom stereocenters. The molecule has 7 heteroatoms. The van der Waals surface area contributed by atoms with Crippen molar-refractivity contribution in [1.82, 2.24) is 20.0 Å². The van der Waals surface area contributed by atoms with Gasteiger partial charge in [-0.15, -0.1) is 0 Å². The summed E-state index contributed by atoms with van der Waals surface area (Å²) in [4.78, 5) is 26.5. The lowest BCUT2D eigenvalue weighted by Gasteiger charge is -2.04. The largest absolute Gasteiger partial charge is 0.343 e. The number of nitrogens with two attached hydrogens (primary N) is 1. The average Bonchev–Trinajstić information content (AvgIpc) is 2.72. The Kier molecular flexibility index (Phi) is 2.68. The Bertz CT molecular complexity index is 640. The summed E-state index contributed by atoms with van der Waals surface area (Å²) in [5.74, 6) is 4.57. The van der Waals surface area contributed by atoms with Crippen LogP contribution in [0.2, 0.25) is 0 Å². The molecule has 0 aliphatic carbocycles. The normalized spacial score (nSPS) is 10.8. The molecule has 0 saturated heterocycles. The summed E-state index contributed by atoms with van der Waals surface area (Å²) in [5.41, 5.74) is 3.79. The number of carbonyl (C=O) groups excluding carboxylic acids is 1. The zero-order chi connectivity index (χ0) is 12.6. The third-order valence-corrected chi connectivity index (χ3v) is 2.71. The first-order chi connectivity index (χ1) is 8.10. The van der Waals surface area contributed by atoms with Crippen LogP contribution in [-0.2, 0) is 6.42 Å². The van der Waals surface area contributed by atoms with E-state index in [1.165, 1.54) is 10.7 Å².